The zero-order valence-corrected chi connectivity index (χ0v) is 18.2. The third-order valence-electron chi connectivity index (χ3n) is 6.33. The van der Waals surface area contributed by atoms with Crippen molar-refractivity contribution in [3.63, 3.8) is 0 Å². The molecule has 0 saturated heterocycles. The van der Waals surface area contributed by atoms with Crippen molar-refractivity contribution in [1.82, 2.24) is 0 Å². The van der Waals surface area contributed by atoms with E-state index >= 15 is 0 Å². The number of unbranched alkanes of at least 4 members (excludes halogenated alkanes) is 8. The standard InChI is InChI=1S/C25H46O2/c1-3-5-6-12-20-25(27,4-2)21-15-19-24-18-14-17-23(24)16-11-9-7-8-10-13-22-26/h14-15,18-19,23-24,26-27H,3-13,16-17,20-22H2,1-2H3/b19-15+/t23-,24+,25?/m0/s1. The summed E-state index contributed by atoms with van der Waals surface area (Å²) in [5, 5.41) is 19.6. The van der Waals surface area contributed by atoms with E-state index in [9.17, 15) is 5.11 Å². The molecule has 158 valence electrons. The van der Waals surface area contributed by atoms with Crippen LogP contribution in [0.15, 0.2) is 24.3 Å². The van der Waals surface area contributed by atoms with Gasteiger partial charge in [-0.25, -0.2) is 0 Å². The molecule has 3 atom stereocenters. The van der Waals surface area contributed by atoms with Crippen LogP contribution < -0.4 is 0 Å². The van der Waals surface area contributed by atoms with Gasteiger partial charge in [-0.2, -0.15) is 0 Å². The van der Waals surface area contributed by atoms with Crippen LogP contribution in [0.5, 0.6) is 0 Å². The predicted octanol–water partition coefficient (Wildman–Crippen LogP) is 6.96. The van der Waals surface area contributed by atoms with Crippen molar-refractivity contribution in [3.05, 3.63) is 24.3 Å². The van der Waals surface area contributed by atoms with Crippen molar-refractivity contribution in [1.29, 1.82) is 0 Å². The summed E-state index contributed by atoms with van der Waals surface area (Å²) >= 11 is 0. The minimum Gasteiger partial charge on any atom is -0.396 e. The molecule has 1 rings (SSSR count). The zero-order valence-electron chi connectivity index (χ0n) is 18.2. The highest BCUT2D eigenvalue weighted by molar-refractivity contribution is 5.10. The smallest absolute Gasteiger partial charge is 0.0679 e. The SMILES string of the molecule is CCCCCCC(O)(CC)C/C=C/[C@H]1C=CC[C@@H]1CCCCCCCCO. The number of hydrogen-bond donors (Lipinski definition) is 2. The summed E-state index contributed by atoms with van der Waals surface area (Å²) in [6.45, 7) is 4.69. The fourth-order valence-corrected chi connectivity index (χ4v) is 4.23. The van der Waals surface area contributed by atoms with E-state index in [-0.39, 0.29) is 0 Å². The number of aliphatic hydroxyl groups is 2. The summed E-state index contributed by atoms with van der Waals surface area (Å²) in [5.74, 6) is 1.33. The monoisotopic (exact) mass is 378 g/mol. The number of aliphatic hydroxyl groups excluding tert-OH is 1. The third-order valence-corrected chi connectivity index (χ3v) is 6.33. The molecule has 0 aromatic rings. The van der Waals surface area contributed by atoms with Crippen molar-refractivity contribution in [2.45, 2.75) is 116 Å². The molecule has 0 radical (unpaired) electrons. The molecule has 0 fully saturated rings. The Morgan fingerprint density at radius 3 is 2.37 bits per heavy atom. The van der Waals surface area contributed by atoms with Gasteiger partial charge in [0.25, 0.3) is 0 Å². The van der Waals surface area contributed by atoms with Gasteiger partial charge in [-0.3, -0.25) is 0 Å². The Kier molecular flexibility index (Phi) is 13.9. The Morgan fingerprint density at radius 1 is 0.963 bits per heavy atom. The second-order valence-corrected chi connectivity index (χ2v) is 8.66. The average molecular weight is 379 g/mol. The summed E-state index contributed by atoms with van der Waals surface area (Å²) in [6, 6.07) is 0. The van der Waals surface area contributed by atoms with E-state index in [2.05, 4.69) is 38.2 Å². The molecule has 1 unspecified atom stereocenters. The van der Waals surface area contributed by atoms with Crippen molar-refractivity contribution in [3.8, 4) is 0 Å². The molecule has 0 aliphatic heterocycles. The van der Waals surface area contributed by atoms with E-state index in [0.29, 0.717) is 12.5 Å². The molecule has 0 bridgehead atoms. The van der Waals surface area contributed by atoms with Crippen molar-refractivity contribution in [2.24, 2.45) is 11.8 Å². The summed E-state index contributed by atoms with van der Waals surface area (Å²) in [6.07, 6.45) is 26.7. The Balaban J connectivity index is 2.26. The van der Waals surface area contributed by atoms with Crippen LogP contribution in [0.3, 0.4) is 0 Å². The maximum absolute atomic E-state index is 10.8. The molecule has 27 heavy (non-hydrogen) atoms. The van der Waals surface area contributed by atoms with Gasteiger partial charge in [0.2, 0.25) is 0 Å². The maximum Gasteiger partial charge on any atom is 0.0679 e. The Bertz CT molecular complexity index is 401. The van der Waals surface area contributed by atoms with Crippen LogP contribution in [0.25, 0.3) is 0 Å². The van der Waals surface area contributed by atoms with Gasteiger partial charge in [-0.05, 0) is 50.4 Å². The minimum atomic E-state index is -0.503. The maximum atomic E-state index is 10.8. The highest BCUT2D eigenvalue weighted by atomic mass is 16.3. The lowest BCUT2D eigenvalue weighted by molar-refractivity contribution is 0.0277. The fraction of sp³-hybridized carbons (Fsp3) is 0.840. The van der Waals surface area contributed by atoms with Crippen LogP contribution in [0, 0.1) is 11.8 Å². The van der Waals surface area contributed by atoms with Crippen molar-refractivity contribution >= 4 is 0 Å². The lowest BCUT2D eigenvalue weighted by atomic mass is 9.87. The second kappa shape index (κ2) is 15.3. The fourth-order valence-electron chi connectivity index (χ4n) is 4.23. The average Bonchev–Trinajstić information content (AvgIpc) is 3.12. The van der Waals surface area contributed by atoms with E-state index in [0.717, 1.165) is 38.0 Å². The number of rotatable bonds is 17. The van der Waals surface area contributed by atoms with Gasteiger partial charge in [-0.15, -0.1) is 0 Å². The van der Waals surface area contributed by atoms with Gasteiger partial charge in [0.15, 0.2) is 0 Å². The van der Waals surface area contributed by atoms with Crippen LogP contribution in [0.2, 0.25) is 0 Å². The zero-order chi connectivity index (χ0) is 19.8. The van der Waals surface area contributed by atoms with Crippen LogP contribution in [-0.4, -0.2) is 22.4 Å². The van der Waals surface area contributed by atoms with E-state index in [1.807, 2.05) is 0 Å². The summed E-state index contributed by atoms with van der Waals surface area (Å²) in [5.41, 5.74) is -0.503. The lowest BCUT2D eigenvalue weighted by Gasteiger charge is -2.26. The Labute approximate surface area is 169 Å². The molecule has 2 N–H and O–H groups in total. The van der Waals surface area contributed by atoms with E-state index < -0.39 is 5.60 Å². The minimum absolute atomic E-state index is 0.341. The molecule has 0 aromatic heterocycles. The summed E-state index contributed by atoms with van der Waals surface area (Å²) in [7, 11) is 0. The molecular weight excluding hydrogens is 332 g/mol. The molecule has 2 heteroatoms. The topological polar surface area (TPSA) is 40.5 Å². The molecule has 0 aromatic carbocycles. The number of hydrogen-bond acceptors (Lipinski definition) is 2. The number of allylic oxidation sites excluding steroid dienone is 3. The Hall–Kier alpha value is -0.600. The molecule has 0 amide bonds. The molecule has 0 heterocycles. The van der Waals surface area contributed by atoms with Crippen molar-refractivity contribution in [2.75, 3.05) is 6.61 Å². The highest BCUT2D eigenvalue weighted by Gasteiger charge is 2.23. The van der Waals surface area contributed by atoms with E-state index in [1.165, 1.54) is 64.2 Å². The van der Waals surface area contributed by atoms with Gasteiger partial charge in [-0.1, -0.05) is 95.9 Å². The second-order valence-electron chi connectivity index (χ2n) is 8.66. The molecule has 2 nitrogen and oxygen atoms in total. The third kappa shape index (κ3) is 11.1. The molecular formula is C25H46O2. The predicted molar refractivity (Wildman–Crippen MR) is 118 cm³/mol. The van der Waals surface area contributed by atoms with Crippen LogP contribution in [0.4, 0.5) is 0 Å². The lowest BCUT2D eigenvalue weighted by Crippen LogP contribution is -2.26. The Morgan fingerprint density at radius 2 is 1.67 bits per heavy atom. The van der Waals surface area contributed by atoms with E-state index in [4.69, 9.17) is 5.11 Å². The summed E-state index contributed by atoms with van der Waals surface area (Å²) in [4.78, 5) is 0. The van der Waals surface area contributed by atoms with Crippen LogP contribution in [-0.2, 0) is 0 Å². The van der Waals surface area contributed by atoms with Gasteiger partial charge >= 0.3 is 0 Å². The van der Waals surface area contributed by atoms with Gasteiger partial charge < -0.3 is 10.2 Å². The summed E-state index contributed by atoms with van der Waals surface area (Å²) < 4.78 is 0. The normalized spacial score (nSPS) is 21.9. The first-order valence-electron chi connectivity index (χ1n) is 11.8. The van der Waals surface area contributed by atoms with Gasteiger partial charge in [0.1, 0.15) is 0 Å². The van der Waals surface area contributed by atoms with Gasteiger partial charge in [0.05, 0.1) is 5.60 Å². The van der Waals surface area contributed by atoms with Crippen LogP contribution in [0.1, 0.15) is 110 Å². The van der Waals surface area contributed by atoms with Crippen molar-refractivity contribution < 1.29 is 10.2 Å². The highest BCUT2D eigenvalue weighted by Crippen LogP contribution is 2.32. The largest absolute Gasteiger partial charge is 0.396 e. The molecule has 0 spiro atoms. The first kappa shape index (κ1) is 24.4. The first-order valence-corrected chi connectivity index (χ1v) is 11.8. The van der Waals surface area contributed by atoms with Gasteiger partial charge in [0, 0.05) is 6.61 Å². The molecule has 0 saturated carbocycles. The van der Waals surface area contributed by atoms with Crippen LogP contribution >= 0.6 is 0 Å². The quantitative estimate of drug-likeness (QED) is 0.212. The first-order chi connectivity index (χ1) is 13.1. The molecule has 1 aliphatic carbocycles. The molecule has 1 aliphatic rings. The van der Waals surface area contributed by atoms with E-state index in [1.54, 1.807) is 0 Å².